The third-order valence-corrected chi connectivity index (χ3v) is 2.53. The van der Waals surface area contributed by atoms with E-state index in [0.29, 0.717) is 5.92 Å². The standard InChI is InChI=1S/C8H15F/c1-6-3-4-8(9)5-7(6)2/h6-8H,3-5H2,1-2H3/t6-,7+,8+/m0/s1. The van der Waals surface area contributed by atoms with E-state index in [-0.39, 0.29) is 0 Å². The van der Waals surface area contributed by atoms with Crippen LogP contribution < -0.4 is 0 Å². The van der Waals surface area contributed by atoms with Gasteiger partial charge in [-0.2, -0.15) is 0 Å². The zero-order chi connectivity index (χ0) is 6.85. The van der Waals surface area contributed by atoms with Crippen LogP contribution in [0.3, 0.4) is 0 Å². The molecule has 3 atom stereocenters. The van der Waals surface area contributed by atoms with E-state index in [2.05, 4.69) is 13.8 Å². The molecule has 0 bridgehead atoms. The summed E-state index contributed by atoms with van der Waals surface area (Å²) in [5.41, 5.74) is 0. The van der Waals surface area contributed by atoms with E-state index in [1.807, 2.05) is 0 Å². The van der Waals surface area contributed by atoms with E-state index >= 15 is 0 Å². The van der Waals surface area contributed by atoms with Gasteiger partial charge in [-0.1, -0.05) is 13.8 Å². The molecule has 1 saturated carbocycles. The fourth-order valence-corrected chi connectivity index (χ4v) is 1.48. The molecule has 0 unspecified atom stereocenters. The molecule has 54 valence electrons. The average Bonchev–Trinajstić information content (AvgIpc) is 1.80. The summed E-state index contributed by atoms with van der Waals surface area (Å²) >= 11 is 0. The molecular weight excluding hydrogens is 115 g/mol. The van der Waals surface area contributed by atoms with Gasteiger partial charge in [0.2, 0.25) is 0 Å². The first-order chi connectivity index (χ1) is 4.20. The van der Waals surface area contributed by atoms with Crippen LogP contribution in [0.25, 0.3) is 0 Å². The van der Waals surface area contributed by atoms with Crippen LogP contribution in [0.4, 0.5) is 4.39 Å². The van der Waals surface area contributed by atoms with Gasteiger partial charge in [0.25, 0.3) is 0 Å². The lowest BCUT2D eigenvalue weighted by atomic mass is 9.81. The highest BCUT2D eigenvalue weighted by Gasteiger charge is 2.23. The maximum Gasteiger partial charge on any atom is 0.100 e. The highest BCUT2D eigenvalue weighted by molar-refractivity contribution is 4.74. The van der Waals surface area contributed by atoms with Crippen molar-refractivity contribution < 1.29 is 4.39 Å². The first-order valence-corrected chi connectivity index (χ1v) is 3.84. The summed E-state index contributed by atoms with van der Waals surface area (Å²) in [4.78, 5) is 0. The lowest BCUT2D eigenvalue weighted by Crippen LogP contribution is -2.21. The molecule has 0 radical (unpaired) electrons. The Morgan fingerprint density at radius 2 is 1.78 bits per heavy atom. The number of halogens is 1. The van der Waals surface area contributed by atoms with Crippen LogP contribution in [0, 0.1) is 11.8 Å². The highest BCUT2D eigenvalue weighted by Crippen LogP contribution is 2.30. The Morgan fingerprint density at radius 1 is 1.11 bits per heavy atom. The molecule has 0 heterocycles. The number of rotatable bonds is 0. The highest BCUT2D eigenvalue weighted by atomic mass is 19.1. The van der Waals surface area contributed by atoms with Gasteiger partial charge in [0, 0.05) is 0 Å². The van der Waals surface area contributed by atoms with Gasteiger partial charge in [-0.05, 0) is 31.1 Å². The maximum atomic E-state index is 12.6. The lowest BCUT2D eigenvalue weighted by molar-refractivity contribution is 0.161. The van der Waals surface area contributed by atoms with Gasteiger partial charge in [-0.3, -0.25) is 0 Å². The maximum absolute atomic E-state index is 12.6. The Morgan fingerprint density at radius 3 is 2.22 bits per heavy atom. The van der Waals surface area contributed by atoms with E-state index in [9.17, 15) is 4.39 Å². The summed E-state index contributed by atoms with van der Waals surface area (Å²) < 4.78 is 12.6. The van der Waals surface area contributed by atoms with E-state index in [1.165, 1.54) is 0 Å². The smallest absolute Gasteiger partial charge is 0.100 e. The normalized spacial score (nSPS) is 45.0. The van der Waals surface area contributed by atoms with Crippen LogP contribution in [-0.4, -0.2) is 6.17 Å². The van der Waals surface area contributed by atoms with Gasteiger partial charge in [0.05, 0.1) is 0 Å². The Bertz CT molecular complexity index is 90.6. The number of hydrogen-bond acceptors (Lipinski definition) is 0. The minimum atomic E-state index is -0.504. The molecule has 1 aliphatic carbocycles. The van der Waals surface area contributed by atoms with Gasteiger partial charge >= 0.3 is 0 Å². The third kappa shape index (κ3) is 1.67. The van der Waals surface area contributed by atoms with Gasteiger partial charge in [-0.25, -0.2) is 4.39 Å². The first-order valence-electron chi connectivity index (χ1n) is 3.84. The molecule has 9 heavy (non-hydrogen) atoms. The van der Waals surface area contributed by atoms with Crippen LogP contribution in [0.2, 0.25) is 0 Å². The van der Waals surface area contributed by atoms with Crippen LogP contribution in [0.1, 0.15) is 33.1 Å². The summed E-state index contributed by atoms with van der Waals surface area (Å²) in [5, 5.41) is 0. The summed E-state index contributed by atoms with van der Waals surface area (Å²) in [7, 11) is 0. The molecule has 0 N–H and O–H groups in total. The molecule has 1 heteroatoms. The van der Waals surface area contributed by atoms with Crippen molar-refractivity contribution >= 4 is 0 Å². The molecule has 1 fully saturated rings. The van der Waals surface area contributed by atoms with Crippen molar-refractivity contribution in [2.24, 2.45) is 11.8 Å². The second kappa shape index (κ2) is 2.68. The van der Waals surface area contributed by atoms with Crippen molar-refractivity contribution in [1.82, 2.24) is 0 Å². The molecule has 1 rings (SSSR count). The van der Waals surface area contributed by atoms with Gasteiger partial charge < -0.3 is 0 Å². The lowest BCUT2D eigenvalue weighted by Gasteiger charge is -2.27. The second-order valence-corrected chi connectivity index (χ2v) is 3.36. The Balaban J connectivity index is 2.35. The molecule has 0 nitrogen and oxygen atoms in total. The monoisotopic (exact) mass is 130 g/mol. The Hall–Kier alpha value is -0.0700. The van der Waals surface area contributed by atoms with Crippen molar-refractivity contribution in [3.05, 3.63) is 0 Å². The first kappa shape index (κ1) is 7.04. The summed E-state index contributed by atoms with van der Waals surface area (Å²) in [6, 6.07) is 0. The summed E-state index contributed by atoms with van der Waals surface area (Å²) in [6.07, 6.45) is 2.17. The quantitative estimate of drug-likeness (QED) is 0.473. The molecular formula is C8H15F. The van der Waals surface area contributed by atoms with Crippen molar-refractivity contribution in [2.45, 2.75) is 39.3 Å². The summed E-state index contributed by atoms with van der Waals surface area (Å²) in [5.74, 6) is 1.35. The van der Waals surface area contributed by atoms with Crippen LogP contribution in [-0.2, 0) is 0 Å². The molecule has 1 aliphatic rings. The molecule has 0 amide bonds. The largest absolute Gasteiger partial charge is 0.247 e. The molecule has 0 aliphatic heterocycles. The fourth-order valence-electron chi connectivity index (χ4n) is 1.48. The molecule has 0 aromatic rings. The van der Waals surface area contributed by atoms with Gasteiger partial charge in [0.15, 0.2) is 0 Å². The molecule has 0 aromatic carbocycles. The van der Waals surface area contributed by atoms with E-state index < -0.39 is 6.17 Å². The van der Waals surface area contributed by atoms with Crippen LogP contribution in [0.15, 0.2) is 0 Å². The van der Waals surface area contributed by atoms with E-state index in [1.54, 1.807) is 0 Å². The van der Waals surface area contributed by atoms with Crippen LogP contribution in [0.5, 0.6) is 0 Å². The van der Waals surface area contributed by atoms with Crippen molar-refractivity contribution in [3.63, 3.8) is 0 Å². The SMILES string of the molecule is C[C@@H]1C[C@H](F)CC[C@@H]1C. The van der Waals surface area contributed by atoms with E-state index in [0.717, 1.165) is 25.2 Å². The second-order valence-electron chi connectivity index (χ2n) is 3.36. The minimum Gasteiger partial charge on any atom is -0.247 e. The molecule has 0 saturated heterocycles. The fraction of sp³-hybridized carbons (Fsp3) is 1.00. The number of hydrogen-bond donors (Lipinski definition) is 0. The summed E-state index contributed by atoms with van der Waals surface area (Å²) in [6.45, 7) is 4.37. The molecule has 0 spiro atoms. The minimum absolute atomic E-state index is 0.504. The van der Waals surface area contributed by atoms with Crippen LogP contribution >= 0.6 is 0 Å². The number of alkyl halides is 1. The molecule has 0 aromatic heterocycles. The van der Waals surface area contributed by atoms with E-state index in [4.69, 9.17) is 0 Å². The third-order valence-electron chi connectivity index (χ3n) is 2.53. The van der Waals surface area contributed by atoms with Gasteiger partial charge in [0.1, 0.15) is 6.17 Å². The zero-order valence-electron chi connectivity index (χ0n) is 6.23. The van der Waals surface area contributed by atoms with Crippen molar-refractivity contribution in [2.75, 3.05) is 0 Å². The Kier molecular flexibility index (Phi) is 2.09. The van der Waals surface area contributed by atoms with Crippen molar-refractivity contribution in [3.8, 4) is 0 Å². The zero-order valence-corrected chi connectivity index (χ0v) is 6.23. The predicted octanol–water partition coefficient (Wildman–Crippen LogP) is 2.78. The van der Waals surface area contributed by atoms with Crippen molar-refractivity contribution in [1.29, 1.82) is 0 Å². The average molecular weight is 130 g/mol. The van der Waals surface area contributed by atoms with Gasteiger partial charge in [-0.15, -0.1) is 0 Å². The predicted molar refractivity (Wildman–Crippen MR) is 37.1 cm³/mol. The Labute approximate surface area is 56.5 Å². The topological polar surface area (TPSA) is 0 Å².